The third-order valence-corrected chi connectivity index (χ3v) is 2.95. The third kappa shape index (κ3) is 2.80. The van der Waals surface area contributed by atoms with E-state index in [1.165, 1.54) is 0 Å². The molecule has 2 heterocycles. The van der Waals surface area contributed by atoms with Crippen molar-refractivity contribution in [3.63, 3.8) is 0 Å². The van der Waals surface area contributed by atoms with Gasteiger partial charge in [-0.3, -0.25) is 4.90 Å². The van der Waals surface area contributed by atoms with Gasteiger partial charge in [-0.15, -0.1) is 0 Å². The molecule has 1 atom stereocenters. The molecule has 0 saturated carbocycles. The van der Waals surface area contributed by atoms with Crippen LogP contribution in [0.2, 0.25) is 0 Å². The lowest BCUT2D eigenvalue weighted by Gasteiger charge is -2.31. The lowest BCUT2D eigenvalue weighted by Crippen LogP contribution is -2.48. The average molecular weight is 223 g/mol. The summed E-state index contributed by atoms with van der Waals surface area (Å²) in [4.78, 5) is 6.79. The normalized spacial score (nSPS) is 22.5. The first-order valence-electron chi connectivity index (χ1n) is 6.12. The molecule has 1 aliphatic heterocycles. The van der Waals surface area contributed by atoms with Crippen molar-refractivity contribution in [3.05, 3.63) is 12.2 Å². The van der Waals surface area contributed by atoms with Crippen LogP contribution in [0.1, 0.15) is 26.1 Å². The summed E-state index contributed by atoms with van der Waals surface area (Å²) in [5, 5.41) is 7.70. The summed E-state index contributed by atoms with van der Waals surface area (Å²) in [6.45, 7) is 9.55. The summed E-state index contributed by atoms with van der Waals surface area (Å²) in [6, 6.07) is 0.580. The van der Waals surface area contributed by atoms with Crippen molar-refractivity contribution < 1.29 is 0 Å². The van der Waals surface area contributed by atoms with E-state index in [9.17, 15) is 0 Å². The van der Waals surface area contributed by atoms with Crippen LogP contribution < -0.4 is 5.32 Å². The van der Waals surface area contributed by atoms with Gasteiger partial charge < -0.3 is 5.32 Å². The number of nitrogens with zero attached hydrogens (tertiary/aromatic N) is 4. The summed E-state index contributed by atoms with van der Waals surface area (Å²) in [6.07, 6.45) is 2.77. The molecule has 90 valence electrons. The fourth-order valence-electron chi connectivity index (χ4n) is 2.16. The fraction of sp³-hybridized carbons (Fsp3) is 0.818. The van der Waals surface area contributed by atoms with Crippen molar-refractivity contribution in [1.29, 1.82) is 0 Å². The zero-order valence-corrected chi connectivity index (χ0v) is 10.2. The van der Waals surface area contributed by atoms with Crippen LogP contribution in [0.3, 0.4) is 0 Å². The van der Waals surface area contributed by atoms with Gasteiger partial charge in [-0.1, -0.05) is 6.92 Å². The molecule has 1 N–H and O–H groups in total. The maximum Gasteiger partial charge on any atom is 0.141 e. The highest BCUT2D eigenvalue weighted by Gasteiger charge is 2.17. The molecule has 0 spiro atoms. The first-order chi connectivity index (χ1) is 7.79. The maximum absolute atomic E-state index is 4.34. The van der Waals surface area contributed by atoms with Crippen LogP contribution >= 0.6 is 0 Å². The van der Waals surface area contributed by atoms with Crippen LogP contribution in [0.25, 0.3) is 0 Å². The molecule has 0 unspecified atom stereocenters. The first kappa shape index (κ1) is 11.5. The van der Waals surface area contributed by atoms with Crippen molar-refractivity contribution in [3.8, 4) is 0 Å². The molecule has 0 amide bonds. The highest BCUT2D eigenvalue weighted by Crippen LogP contribution is 2.05. The van der Waals surface area contributed by atoms with Crippen LogP contribution in [0.4, 0.5) is 0 Å². The molecule has 1 fully saturated rings. The van der Waals surface area contributed by atoms with Crippen LogP contribution in [0.15, 0.2) is 6.33 Å². The van der Waals surface area contributed by atoms with Crippen LogP contribution in [0, 0.1) is 0 Å². The Morgan fingerprint density at radius 1 is 1.56 bits per heavy atom. The van der Waals surface area contributed by atoms with Crippen LogP contribution in [-0.2, 0) is 13.1 Å². The molecule has 1 saturated heterocycles. The molecule has 1 aromatic heterocycles. The largest absolute Gasteiger partial charge is 0.312 e. The van der Waals surface area contributed by atoms with Crippen molar-refractivity contribution in [2.75, 3.05) is 19.6 Å². The van der Waals surface area contributed by atoms with Crippen LogP contribution in [0.5, 0.6) is 0 Å². The Labute approximate surface area is 96.8 Å². The number of nitrogens with one attached hydrogen (secondary N) is 1. The van der Waals surface area contributed by atoms with Gasteiger partial charge in [0.2, 0.25) is 0 Å². The van der Waals surface area contributed by atoms with E-state index < -0.39 is 0 Å². The number of aromatic nitrogens is 3. The lowest BCUT2D eigenvalue weighted by molar-refractivity contribution is 0.192. The second-order valence-corrected chi connectivity index (χ2v) is 4.49. The summed E-state index contributed by atoms with van der Waals surface area (Å²) in [5.41, 5.74) is 0. The van der Waals surface area contributed by atoms with Gasteiger partial charge in [-0.05, 0) is 13.3 Å². The van der Waals surface area contributed by atoms with Gasteiger partial charge in [0.25, 0.3) is 0 Å². The smallest absolute Gasteiger partial charge is 0.141 e. The van der Waals surface area contributed by atoms with Crippen molar-refractivity contribution in [2.24, 2.45) is 0 Å². The molecule has 0 aliphatic carbocycles. The number of aryl methyl sites for hydroxylation is 1. The minimum Gasteiger partial charge on any atom is -0.312 e. The van der Waals surface area contributed by atoms with Gasteiger partial charge in [0.15, 0.2) is 0 Å². The zero-order chi connectivity index (χ0) is 11.4. The Kier molecular flexibility index (Phi) is 3.90. The van der Waals surface area contributed by atoms with Gasteiger partial charge >= 0.3 is 0 Å². The van der Waals surface area contributed by atoms with Gasteiger partial charge in [0.1, 0.15) is 12.2 Å². The predicted molar refractivity (Wildman–Crippen MR) is 63.1 cm³/mol. The fourth-order valence-corrected chi connectivity index (χ4v) is 2.16. The van der Waals surface area contributed by atoms with Gasteiger partial charge in [-0.2, -0.15) is 5.10 Å². The van der Waals surface area contributed by atoms with Gasteiger partial charge in [0.05, 0.1) is 6.54 Å². The second-order valence-electron chi connectivity index (χ2n) is 4.49. The molecular weight excluding hydrogens is 202 g/mol. The van der Waals surface area contributed by atoms with Crippen molar-refractivity contribution in [2.45, 2.75) is 39.4 Å². The number of rotatable bonds is 4. The number of hydrogen-bond donors (Lipinski definition) is 1. The highest BCUT2D eigenvalue weighted by molar-refractivity contribution is 4.87. The molecule has 1 aliphatic rings. The predicted octanol–water partition coefficient (Wildman–Crippen LogP) is 0.482. The Morgan fingerprint density at radius 2 is 2.44 bits per heavy atom. The van der Waals surface area contributed by atoms with E-state index in [1.54, 1.807) is 6.33 Å². The minimum absolute atomic E-state index is 0.580. The van der Waals surface area contributed by atoms with E-state index in [4.69, 9.17) is 0 Å². The second kappa shape index (κ2) is 5.41. The highest BCUT2D eigenvalue weighted by atomic mass is 15.4. The third-order valence-electron chi connectivity index (χ3n) is 2.95. The first-order valence-corrected chi connectivity index (χ1v) is 6.12. The minimum atomic E-state index is 0.580. The Morgan fingerprint density at radius 3 is 3.19 bits per heavy atom. The van der Waals surface area contributed by atoms with E-state index in [0.29, 0.717) is 6.04 Å². The molecule has 0 aromatic carbocycles. The molecular formula is C11H21N5. The zero-order valence-electron chi connectivity index (χ0n) is 10.2. The van der Waals surface area contributed by atoms with Crippen molar-refractivity contribution in [1.82, 2.24) is 25.0 Å². The summed E-state index contributed by atoms with van der Waals surface area (Å²) >= 11 is 0. The summed E-state index contributed by atoms with van der Waals surface area (Å²) in [5.74, 6) is 1.09. The van der Waals surface area contributed by atoms with Gasteiger partial charge in [0, 0.05) is 32.2 Å². The number of piperazine rings is 1. The molecule has 2 rings (SSSR count). The van der Waals surface area contributed by atoms with Crippen molar-refractivity contribution >= 4 is 0 Å². The topological polar surface area (TPSA) is 46.0 Å². The van der Waals surface area contributed by atoms with E-state index in [2.05, 4.69) is 34.1 Å². The van der Waals surface area contributed by atoms with E-state index >= 15 is 0 Å². The average Bonchev–Trinajstić information content (AvgIpc) is 2.66. The van der Waals surface area contributed by atoms with Crippen LogP contribution in [-0.4, -0.2) is 45.3 Å². The quantitative estimate of drug-likeness (QED) is 0.806. The summed E-state index contributed by atoms with van der Waals surface area (Å²) in [7, 11) is 0. The molecule has 5 nitrogen and oxygen atoms in total. The molecule has 1 aromatic rings. The Bertz CT molecular complexity index is 322. The SMILES string of the molecule is CCCn1ncnc1CN1CCN[C@H](C)C1. The standard InChI is InChI=1S/C11H21N5/c1-3-5-16-11(13-9-14-16)8-15-6-4-12-10(2)7-15/h9-10,12H,3-8H2,1-2H3/t10-/m1/s1. The monoisotopic (exact) mass is 223 g/mol. The molecule has 0 bridgehead atoms. The summed E-state index contributed by atoms with van der Waals surface area (Å²) < 4.78 is 2.02. The maximum atomic E-state index is 4.34. The lowest BCUT2D eigenvalue weighted by atomic mass is 10.2. The van der Waals surface area contributed by atoms with E-state index in [1.807, 2.05) is 4.68 Å². The number of hydrogen-bond acceptors (Lipinski definition) is 4. The van der Waals surface area contributed by atoms with E-state index in [-0.39, 0.29) is 0 Å². The Hall–Kier alpha value is -0.940. The molecule has 0 radical (unpaired) electrons. The van der Waals surface area contributed by atoms with Gasteiger partial charge in [-0.25, -0.2) is 9.67 Å². The molecule has 5 heteroatoms. The van der Waals surface area contributed by atoms with E-state index in [0.717, 1.165) is 45.0 Å². The Balaban J connectivity index is 1.94. The molecule has 16 heavy (non-hydrogen) atoms.